The number of carbonyl (C=O) groups is 1. The lowest BCUT2D eigenvalue weighted by Crippen LogP contribution is -2.49. The first kappa shape index (κ1) is 20.3. The highest BCUT2D eigenvalue weighted by atomic mass is 32.2. The predicted octanol–water partition coefficient (Wildman–Crippen LogP) is 3.52. The van der Waals surface area contributed by atoms with Crippen LogP contribution in [0.2, 0.25) is 0 Å². The van der Waals surface area contributed by atoms with Crippen molar-refractivity contribution in [3.05, 3.63) is 46.8 Å². The largest absolute Gasteiger partial charge is 0.485 e. The van der Waals surface area contributed by atoms with Crippen LogP contribution in [0.1, 0.15) is 40.2 Å². The van der Waals surface area contributed by atoms with E-state index in [1.54, 1.807) is 6.07 Å². The highest BCUT2D eigenvalue weighted by molar-refractivity contribution is 7.99. The lowest BCUT2D eigenvalue weighted by molar-refractivity contribution is 0.0621. The van der Waals surface area contributed by atoms with Crippen molar-refractivity contribution in [1.82, 2.24) is 15.0 Å². The number of piperidine rings is 1. The van der Waals surface area contributed by atoms with Crippen molar-refractivity contribution in [2.24, 2.45) is 0 Å². The number of likely N-dealkylation sites (tertiary alicyclic amines) is 1. The van der Waals surface area contributed by atoms with Gasteiger partial charge in [0.2, 0.25) is 0 Å². The molecule has 7 heteroatoms. The van der Waals surface area contributed by atoms with Gasteiger partial charge >= 0.3 is 0 Å². The number of ether oxygens (including phenoxy) is 1. The molecule has 29 heavy (non-hydrogen) atoms. The minimum Gasteiger partial charge on any atom is -0.485 e. The molecule has 0 N–H and O–H groups in total. The second-order valence-electron chi connectivity index (χ2n) is 7.91. The minimum atomic E-state index is -0.0422. The van der Waals surface area contributed by atoms with E-state index >= 15 is 0 Å². The molecule has 1 aromatic heterocycles. The summed E-state index contributed by atoms with van der Waals surface area (Å²) in [6.07, 6.45) is 2.08. The molecule has 3 heterocycles. The van der Waals surface area contributed by atoms with Crippen LogP contribution < -0.4 is 4.74 Å². The van der Waals surface area contributed by atoms with Gasteiger partial charge in [-0.2, -0.15) is 11.8 Å². The van der Waals surface area contributed by atoms with Gasteiger partial charge in [0.1, 0.15) is 12.4 Å². The molecule has 2 fully saturated rings. The van der Waals surface area contributed by atoms with E-state index < -0.39 is 0 Å². The summed E-state index contributed by atoms with van der Waals surface area (Å²) in [6, 6.07) is 8.41. The molecule has 0 aliphatic carbocycles. The molecule has 2 saturated heterocycles. The third-order valence-corrected chi connectivity index (χ3v) is 6.75. The molecule has 2 aliphatic rings. The van der Waals surface area contributed by atoms with E-state index in [-0.39, 0.29) is 12.5 Å². The summed E-state index contributed by atoms with van der Waals surface area (Å²) in [5.74, 6) is 3.80. The zero-order valence-corrected chi connectivity index (χ0v) is 18.0. The van der Waals surface area contributed by atoms with Gasteiger partial charge in [-0.1, -0.05) is 17.3 Å². The zero-order valence-electron chi connectivity index (χ0n) is 17.2. The molecule has 0 spiro atoms. The molecule has 156 valence electrons. The molecule has 0 radical (unpaired) electrons. The Morgan fingerprint density at radius 1 is 1.17 bits per heavy atom. The van der Waals surface area contributed by atoms with Crippen molar-refractivity contribution in [3.8, 4) is 5.75 Å². The summed E-state index contributed by atoms with van der Waals surface area (Å²) in [7, 11) is 0. The molecule has 1 amide bonds. The summed E-state index contributed by atoms with van der Waals surface area (Å²) in [5.41, 5.74) is 2.59. The summed E-state index contributed by atoms with van der Waals surface area (Å²) in [5, 5.41) is 3.99. The van der Waals surface area contributed by atoms with Crippen LogP contribution in [0.4, 0.5) is 0 Å². The summed E-state index contributed by atoms with van der Waals surface area (Å²) in [4.78, 5) is 17.3. The van der Waals surface area contributed by atoms with E-state index in [1.165, 1.54) is 24.6 Å². The smallest absolute Gasteiger partial charge is 0.276 e. The van der Waals surface area contributed by atoms with Gasteiger partial charge in [0.15, 0.2) is 11.5 Å². The first-order chi connectivity index (χ1) is 14.1. The average molecular weight is 416 g/mol. The SMILES string of the molecule is Cc1ccc(C)c(OCc2cc(C(=O)N3CCC(N4CCSCC4)CC3)no2)c1. The zero-order chi connectivity index (χ0) is 20.2. The highest BCUT2D eigenvalue weighted by Gasteiger charge is 2.29. The van der Waals surface area contributed by atoms with Gasteiger partial charge in [0.05, 0.1) is 0 Å². The van der Waals surface area contributed by atoms with Crippen LogP contribution in [-0.2, 0) is 6.61 Å². The summed E-state index contributed by atoms with van der Waals surface area (Å²) < 4.78 is 11.2. The standard InChI is InChI=1S/C22H29N3O3S/c1-16-3-4-17(2)21(13-16)27-15-19-14-20(23-28-19)22(26)25-7-5-18(6-8-25)24-9-11-29-12-10-24/h3-4,13-14,18H,5-12,15H2,1-2H3. The van der Waals surface area contributed by atoms with Gasteiger partial charge in [-0.05, 0) is 43.9 Å². The fourth-order valence-corrected chi connectivity index (χ4v) is 4.96. The second-order valence-corrected chi connectivity index (χ2v) is 9.13. The topological polar surface area (TPSA) is 58.8 Å². The van der Waals surface area contributed by atoms with E-state index in [0.29, 0.717) is 17.5 Å². The van der Waals surface area contributed by atoms with Gasteiger partial charge in [0, 0.05) is 49.8 Å². The average Bonchev–Trinajstić information content (AvgIpc) is 3.24. The van der Waals surface area contributed by atoms with E-state index in [9.17, 15) is 4.79 Å². The minimum absolute atomic E-state index is 0.0422. The summed E-state index contributed by atoms with van der Waals surface area (Å²) in [6.45, 7) is 8.23. The Morgan fingerprint density at radius 2 is 1.93 bits per heavy atom. The van der Waals surface area contributed by atoms with Crippen molar-refractivity contribution in [2.45, 2.75) is 39.3 Å². The number of amides is 1. The monoisotopic (exact) mass is 415 g/mol. The van der Waals surface area contributed by atoms with Gasteiger partial charge < -0.3 is 14.2 Å². The van der Waals surface area contributed by atoms with E-state index in [4.69, 9.17) is 9.26 Å². The quantitative estimate of drug-likeness (QED) is 0.745. The molecule has 0 atom stereocenters. The first-order valence-corrected chi connectivity index (χ1v) is 11.5. The number of thioether (sulfide) groups is 1. The number of hydrogen-bond donors (Lipinski definition) is 0. The third kappa shape index (κ3) is 4.95. The van der Waals surface area contributed by atoms with Crippen LogP contribution in [0.25, 0.3) is 0 Å². The fraction of sp³-hybridized carbons (Fsp3) is 0.545. The lowest BCUT2D eigenvalue weighted by Gasteiger charge is -2.39. The highest BCUT2D eigenvalue weighted by Crippen LogP contribution is 2.23. The van der Waals surface area contributed by atoms with Gasteiger partial charge in [-0.3, -0.25) is 9.69 Å². The molecule has 4 rings (SSSR count). The molecular weight excluding hydrogens is 386 g/mol. The molecule has 2 aromatic rings. The molecule has 1 aromatic carbocycles. The third-order valence-electron chi connectivity index (χ3n) is 5.81. The molecular formula is C22H29N3O3S. The van der Waals surface area contributed by atoms with Crippen LogP contribution in [0.15, 0.2) is 28.8 Å². The van der Waals surface area contributed by atoms with Gasteiger partial charge in [-0.25, -0.2) is 0 Å². The molecule has 0 unspecified atom stereocenters. The van der Waals surface area contributed by atoms with Crippen molar-refractivity contribution in [2.75, 3.05) is 37.7 Å². The van der Waals surface area contributed by atoms with Crippen molar-refractivity contribution < 1.29 is 14.1 Å². The lowest BCUT2D eigenvalue weighted by atomic mass is 10.0. The van der Waals surface area contributed by atoms with Crippen LogP contribution >= 0.6 is 11.8 Å². The Morgan fingerprint density at radius 3 is 2.69 bits per heavy atom. The number of aromatic nitrogens is 1. The Hall–Kier alpha value is -1.99. The number of aryl methyl sites for hydroxylation is 2. The number of rotatable bonds is 5. The Kier molecular flexibility index (Phi) is 6.45. The predicted molar refractivity (Wildman–Crippen MR) is 115 cm³/mol. The number of hydrogen-bond acceptors (Lipinski definition) is 6. The van der Waals surface area contributed by atoms with Crippen molar-refractivity contribution in [3.63, 3.8) is 0 Å². The number of nitrogens with zero attached hydrogens (tertiary/aromatic N) is 3. The summed E-state index contributed by atoms with van der Waals surface area (Å²) >= 11 is 2.04. The maximum Gasteiger partial charge on any atom is 0.276 e. The number of benzene rings is 1. The second kappa shape index (κ2) is 9.22. The molecule has 6 nitrogen and oxygen atoms in total. The first-order valence-electron chi connectivity index (χ1n) is 10.4. The maximum absolute atomic E-state index is 12.8. The van der Waals surface area contributed by atoms with Gasteiger partial charge in [-0.15, -0.1) is 0 Å². The normalized spacial score (nSPS) is 18.8. The van der Waals surface area contributed by atoms with Crippen molar-refractivity contribution in [1.29, 1.82) is 0 Å². The van der Waals surface area contributed by atoms with Crippen molar-refractivity contribution >= 4 is 17.7 Å². The van der Waals surface area contributed by atoms with Gasteiger partial charge in [0.25, 0.3) is 5.91 Å². The van der Waals surface area contributed by atoms with Crippen LogP contribution in [0.3, 0.4) is 0 Å². The molecule has 0 bridgehead atoms. The Labute approximate surface area is 176 Å². The van der Waals surface area contributed by atoms with Crippen LogP contribution in [0.5, 0.6) is 5.75 Å². The number of carbonyl (C=O) groups excluding carboxylic acids is 1. The van der Waals surface area contributed by atoms with E-state index in [2.05, 4.69) is 16.1 Å². The molecule has 2 aliphatic heterocycles. The fourth-order valence-electron chi connectivity index (χ4n) is 4.03. The Balaban J connectivity index is 1.30. The maximum atomic E-state index is 12.8. The van der Waals surface area contributed by atoms with E-state index in [1.807, 2.05) is 42.6 Å². The van der Waals surface area contributed by atoms with E-state index in [0.717, 1.165) is 42.8 Å². The van der Waals surface area contributed by atoms with Crippen LogP contribution in [0, 0.1) is 13.8 Å². The Bertz CT molecular complexity index is 840. The van der Waals surface area contributed by atoms with Crippen LogP contribution in [-0.4, -0.2) is 64.6 Å². The molecule has 0 saturated carbocycles.